The molecule has 0 N–H and O–H groups in total. The van der Waals surface area contributed by atoms with E-state index < -0.39 is 0 Å². The summed E-state index contributed by atoms with van der Waals surface area (Å²) in [4.78, 5) is 20.7. The lowest BCUT2D eigenvalue weighted by molar-refractivity contribution is 0.0718. The Labute approximate surface area is 141 Å². The van der Waals surface area contributed by atoms with E-state index in [-0.39, 0.29) is 11.9 Å². The highest BCUT2D eigenvalue weighted by Gasteiger charge is 2.30. The molecule has 0 fully saturated rings. The monoisotopic (exact) mass is 332 g/mol. The first-order chi connectivity index (χ1) is 11.1. The maximum Gasteiger partial charge on any atom is 0.257 e. The second-order valence-corrected chi connectivity index (χ2v) is 7.20. The third kappa shape index (κ3) is 3.17. The van der Waals surface area contributed by atoms with Gasteiger partial charge >= 0.3 is 0 Å². The van der Waals surface area contributed by atoms with Gasteiger partial charge in [0.1, 0.15) is 0 Å². The van der Waals surface area contributed by atoms with Crippen LogP contribution in [0.3, 0.4) is 0 Å². The van der Waals surface area contributed by atoms with E-state index in [1.807, 2.05) is 22.8 Å². The summed E-state index contributed by atoms with van der Waals surface area (Å²) in [5.74, 6) is 0.0525. The molecule has 0 unspecified atom stereocenters. The van der Waals surface area contributed by atoms with Gasteiger partial charge < -0.3 is 4.90 Å². The summed E-state index contributed by atoms with van der Waals surface area (Å²) in [5, 5.41) is 5.45. The normalized spacial score (nSPS) is 17.1. The van der Waals surface area contributed by atoms with Crippen molar-refractivity contribution in [1.29, 1.82) is 0 Å². The number of fused-ring (bicyclic) bond motifs is 1. The van der Waals surface area contributed by atoms with Gasteiger partial charge in [0.15, 0.2) is 0 Å². The van der Waals surface area contributed by atoms with Crippen LogP contribution < -0.4 is 0 Å². The van der Waals surface area contributed by atoms with E-state index in [0.29, 0.717) is 5.56 Å². The molecule has 23 heavy (non-hydrogen) atoms. The number of thiazole rings is 1. The van der Waals surface area contributed by atoms with Gasteiger partial charge in [-0.15, -0.1) is 11.3 Å². The van der Waals surface area contributed by atoms with Gasteiger partial charge in [-0.05, 0) is 32.1 Å². The molecule has 0 radical (unpaired) electrons. The number of rotatable bonds is 5. The molecule has 3 rings (SSSR count). The third-order valence-electron chi connectivity index (χ3n) is 4.39. The van der Waals surface area contributed by atoms with Gasteiger partial charge in [-0.25, -0.2) is 4.98 Å². The second-order valence-electron chi connectivity index (χ2n) is 6.09. The Balaban J connectivity index is 1.81. The zero-order valence-corrected chi connectivity index (χ0v) is 14.9. The van der Waals surface area contributed by atoms with Crippen molar-refractivity contribution < 1.29 is 4.79 Å². The van der Waals surface area contributed by atoms with E-state index in [0.717, 1.165) is 38.6 Å². The van der Waals surface area contributed by atoms with Crippen molar-refractivity contribution in [2.75, 3.05) is 7.05 Å². The van der Waals surface area contributed by atoms with Crippen LogP contribution in [0.4, 0.5) is 0 Å². The molecule has 0 bridgehead atoms. The standard InChI is InChI=1S/C17H24N4OS/c1-4-9-21-11-12(10-18-21)17(22)20(3)14-8-6-7-13-16(14)23-15(5-2)19-13/h10-11,14H,4-9H2,1-3H3/t14-/m1/s1. The Bertz CT molecular complexity index is 691. The summed E-state index contributed by atoms with van der Waals surface area (Å²) in [7, 11) is 1.91. The predicted octanol–water partition coefficient (Wildman–Crippen LogP) is 3.46. The number of aryl methyl sites for hydroxylation is 3. The minimum atomic E-state index is 0.0525. The van der Waals surface area contributed by atoms with Gasteiger partial charge in [0, 0.05) is 19.8 Å². The predicted molar refractivity (Wildman–Crippen MR) is 91.8 cm³/mol. The first-order valence-corrected chi connectivity index (χ1v) is 9.23. The molecule has 5 nitrogen and oxygen atoms in total. The molecule has 0 saturated carbocycles. The van der Waals surface area contributed by atoms with Gasteiger partial charge in [-0.1, -0.05) is 13.8 Å². The SMILES string of the molecule is CCCn1cc(C(=O)N(C)[C@@H]2CCCc3nc(CC)sc32)cn1. The number of carbonyl (C=O) groups is 1. The van der Waals surface area contributed by atoms with Gasteiger partial charge in [-0.3, -0.25) is 9.48 Å². The molecule has 1 aliphatic carbocycles. The smallest absolute Gasteiger partial charge is 0.257 e. The van der Waals surface area contributed by atoms with Crippen LogP contribution in [0.15, 0.2) is 12.4 Å². The zero-order chi connectivity index (χ0) is 16.4. The van der Waals surface area contributed by atoms with Crippen LogP contribution in [0.5, 0.6) is 0 Å². The molecule has 124 valence electrons. The van der Waals surface area contributed by atoms with Crippen LogP contribution in [-0.2, 0) is 19.4 Å². The summed E-state index contributed by atoms with van der Waals surface area (Å²) in [5.41, 5.74) is 1.87. The fourth-order valence-electron chi connectivity index (χ4n) is 3.14. The molecule has 2 aromatic rings. The van der Waals surface area contributed by atoms with Crippen molar-refractivity contribution >= 4 is 17.2 Å². The molecule has 0 aromatic carbocycles. The third-order valence-corrected chi connectivity index (χ3v) is 5.73. The van der Waals surface area contributed by atoms with Gasteiger partial charge in [0.2, 0.25) is 0 Å². The van der Waals surface area contributed by atoms with Gasteiger partial charge in [-0.2, -0.15) is 5.10 Å². The van der Waals surface area contributed by atoms with Crippen molar-refractivity contribution in [3.05, 3.63) is 33.5 Å². The number of hydrogen-bond donors (Lipinski definition) is 0. The molecule has 1 atom stereocenters. The second kappa shape index (κ2) is 6.83. The van der Waals surface area contributed by atoms with Crippen molar-refractivity contribution in [2.45, 2.75) is 58.5 Å². The molecule has 0 aliphatic heterocycles. The van der Waals surface area contributed by atoms with Crippen LogP contribution >= 0.6 is 11.3 Å². The summed E-state index contributed by atoms with van der Waals surface area (Å²) in [6, 6.07) is 0.151. The van der Waals surface area contributed by atoms with E-state index in [2.05, 4.69) is 18.9 Å². The fraction of sp³-hybridized carbons (Fsp3) is 0.588. The molecule has 1 amide bonds. The summed E-state index contributed by atoms with van der Waals surface area (Å²) < 4.78 is 1.84. The first kappa shape index (κ1) is 16.2. The molecule has 0 spiro atoms. The van der Waals surface area contributed by atoms with Crippen LogP contribution in [0.25, 0.3) is 0 Å². The van der Waals surface area contributed by atoms with Crippen LogP contribution in [0.2, 0.25) is 0 Å². The Morgan fingerprint density at radius 1 is 1.48 bits per heavy atom. The van der Waals surface area contributed by atoms with Crippen LogP contribution in [-0.4, -0.2) is 32.6 Å². The maximum atomic E-state index is 12.8. The zero-order valence-electron chi connectivity index (χ0n) is 14.1. The van der Waals surface area contributed by atoms with E-state index in [1.54, 1.807) is 17.5 Å². The lowest BCUT2D eigenvalue weighted by Crippen LogP contribution is -2.32. The number of nitrogens with zero attached hydrogens (tertiary/aromatic N) is 4. The van der Waals surface area contributed by atoms with Crippen molar-refractivity contribution in [2.24, 2.45) is 0 Å². The maximum absolute atomic E-state index is 12.8. The highest BCUT2D eigenvalue weighted by atomic mass is 32.1. The average molecular weight is 332 g/mol. The Morgan fingerprint density at radius 3 is 3.04 bits per heavy atom. The lowest BCUT2D eigenvalue weighted by Gasteiger charge is -2.30. The van der Waals surface area contributed by atoms with Crippen molar-refractivity contribution in [1.82, 2.24) is 19.7 Å². The quantitative estimate of drug-likeness (QED) is 0.842. The Kier molecular flexibility index (Phi) is 4.80. The van der Waals surface area contributed by atoms with Gasteiger partial charge in [0.05, 0.1) is 33.4 Å². The molecule has 1 aliphatic rings. The number of amides is 1. The van der Waals surface area contributed by atoms with Crippen LogP contribution in [0.1, 0.15) is 65.1 Å². The number of carbonyl (C=O) groups excluding carboxylic acids is 1. The van der Waals surface area contributed by atoms with E-state index in [4.69, 9.17) is 4.98 Å². The topological polar surface area (TPSA) is 51.0 Å². The minimum Gasteiger partial charge on any atom is -0.334 e. The minimum absolute atomic E-state index is 0.0525. The summed E-state index contributed by atoms with van der Waals surface area (Å²) in [6.07, 6.45) is 8.67. The molecule has 2 heterocycles. The molecule has 0 saturated heterocycles. The summed E-state index contributed by atoms with van der Waals surface area (Å²) in [6.45, 7) is 5.09. The highest BCUT2D eigenvalue weighted by molar-refractivity contribution is 7.11. The van der Waals surface area contributed by atoms with E-state index in [1.165, 1.54) is 15.6 Å². The molecular formula is C17H24N4OS. The fourth-order valence-corrected chi connectivity index (χ4v) is 4.37. The van der Waals surface area contributed by atoms with Crippen molar-refractivity contribution in [3.8, 4) is 0 Å². The number of aromatic nitrogens is 3. The van der Waals surface area contributed by atoms with Crippen molar-refractivity contribution in [3.63, 3.8) is 0 Å². The first-order valence-electron chi connectivity index (χ1n) is 8.42. The number of hydrogen-bond acceptors (Lipinski definition) is 4. The lowest BCUT2D eigenvalue weighted by atomic mass is 9.96. The molecule has 6 heteroatoms. The van der Waals surface area contributed by atoms with E-state index in [9.17, 15) is 4.79 Å². The van der Waals surface area contributed by atoms with E-state index >= 15 is 0 Å². The Hall–Kier alpha value is -1.69. The Morgan fingerprint density at radius 2 is 2.30 bits per heavy atom. The largest absolute Gasteiger partial charge is 0.334 e. The van der Waals surface area contributed by atoms with Crippen LogP contribution in [0, 0.1) is 0 Å². The molecular weight excluding hydrogens is 308 g/mol. The average Bonchev–Trinajstić information content (AvgIpc) is 3.19. The summed E-state index contributed by atoms with van der Waals surface area (Å²) >= 11 is 1.77. The highest BCUT2D eigenvalue weighted by Crippen LogP contribution is 2.38. The van der Waals surface area contributed by atoms with Gasteiger partial charge in [0.25, 0.3) is 5.91 Å². The molecule has 2 aromatic heterocycles.